The average Bonchev–Trinajstić information content (AvgIpc) is 2.35. The van der Waals surface area contributed by atoms with Crippen LogP contribution in [0.2, 0.25) is 0 Å². The summed E-state index contributed by atoms with van der Waals surface area (Å²) >= 11 is 2.27. The van der Waals surface area contributed by atoms with Crippen LogP contribution < -0.4 is 0 Å². The summed E-state index contributed by atoms with van der Waals surface area (Å²) in [5.74, 6) is -1.08. The number of carboxylic acids is 1. The summed E-state index contributed by atoms with van der Waals surface area (Å²) in [6.07, 6.45) is 3.09. The number of aliphatic carboxylic acids is 1. The van der Waals surface area contributed by atoms with Crippen molar-refractivity contribution in [3.63, 3.8) is 0 Å². The topological polar surface area (TPSA) is 57.6 Å². The monoisotopic (exact) mass is 375 g/mol. The lowest BCUT2D eigenvalue weighted by atomic mass is 10.1. The highest BCUT2D eigenvalue weighted by Crippen LogP contribution is 2.10. The van der Waals surface area contributed by atoms with E-state index >= 15 is 0 Å². The highest BCUT2D eigenvalue weighted by Gasteiger charge is 2.11. The van der Waals surface area contributed by atoms with Crippen molar-refractivity contribution < 1.29 is 14.7 Å². The third-order valence-electron chi connectivity index (χ3n) is 2.82. The summed E-state index contributed by atoms with van der Waals surface area (Å²) in [5, 5.41) is 8.58. The Morgan fingerprint density at radius 2 is 1.84 bits per heavy atom. The van der Waals surface area contributed by atoms with Gasteiger partial charge in [-0.3, -0.25) is 9.59 Å². The third-order valence-corrected chi connectivity index (χ3v) is 3.54. The smallest absolute Gasteiger partial charge is 0.323 e. The van der Waals surface area contributed by atoms with Crippen LogP contribution >= 0.6 is 22.6 Å². The van der Waals surface area contributed by atoms with Crippen LogP contribution in [0.4, 0.5) is 0 Å². The quantitative estimate of drug-likeness (QED) is 0.589. The van der Waals surface area contributed by atoms with Crippen LogP contribution in [0.25, 0.3) is 0 Å². The first-order chi connectivity index (χ1) is 8.99. The van der Waals surface area contributed by atoms with Crippen molar-refractivity contribution in [2.24, 2.45) is 0 Å². The van der Waals surface area contributed by atoms with E-state index in [0.29, 0.717) is 6.42 Å². The summed E-state index contributed by atoms with van der Waals surface area (Å²) in [5.41, 5.74) is 1.27. The van der Waals surface area contributed by atoms with Crippen molar-refractivity contribution in [1.82, 2.24) is 4.90 Å². The molecule has 0 aromatic heterocycles. The number of unbranched alkanes of at least 4 members (excludes halogenated alkanes) is 1. The number of likely N-dealkylation sites (N-methyl/N-ethyl adjacent to an activating group) is 1. The first-order valence-electron chi connectivity index (χ1n) is 6.19. The van der Waals surface area contributed by atoms with Crippen LogP contribution in [0, 0.1) is 3.57 Å². The second-order valence-electron chi connectivity index (χ2n) is 4.48. The summed E-state index contributed by atoms with van der Waals surface area (Å²) < 4.78 is 1.21. The highest BCUT2D eigenvalue weighted by molar-refractivity contribution is 14.1. The second-order valence-corrected chi connectivity index (χ2v) is 5.72. The van der Waals surface area contributed by atoms with Crippen LogP contribution in [0.15, 0.2) is 24.3 Å². The van der Waals surface area contributed by atoms with Gasteiger partial charge in [0.05, 0.1) is 0 Å². The summed E-state index contributed by atoms with van der Waals surface area (Å²) in [4.78, 5) is 23.3. The molecule has 0 spiro atoms. The van der Waals surface area contributed by atoms with Gasteiger partial charge in [-0.1, -0.05) is 12.1 Å². The number of hydrogen-bond acceptors (Lipinski definition) is 2. The fourth-order valence-electron chi connectivity index (χ4n) is 1.74. The molecule has 1 aromatic carbocycles. The molecule has 19 heavy (non-hydrogen) atoms. The van der Waals surface area contributed by atoms with Crippen LogP contribution in [0.1, 0.15) is 24.8 Å². The maximum atomic E-state index is 11.6. The number of aryl methyl sites for hydroxylation is 1. The molecular weight excluding hydrogens is 357 g/mol. The van der Waals surface area contributed by atoms with Gasteiger partial charge in [-0.25, -0.2) is 0 Å². The Morgan fingerprint density at radius 3 is 2.42 bits per heavy atom. The number of hydrogen-bond donors (Lipinski definition) is 1. The zero-order valence-electron chi connectivity index (χ0n) is 10.9. The number of benzene rings is 1. The van der Waals surface area contributed by atoms with Gasteiger partial charge < -0.3 is 10.0 Å². The Labute approximate surface area is 126 Å². The number of carbonyl (C=O) groups excluding carboxylic acids is 1. The van der Waals surface area contributed by atoms with Crippen molar-refractivity contribution in [3.8, 4) is 0 Å². The molecule has 4 nitrogen and oxygen atoms in total. The van der Waals surface area contributed by atoms with Crippen LogP contribution in [0.3, 0.4) is 0 Å². The van der Waals surface area contributed by atoms with Crippen LogP contribution in [0.5, 0.6) is 0 Å². The van der Waals surface area contributed by atoms with Crippen molar-refractivity contribution in [2.75, 3.05) is 13.6 Å². The van der Waals surface area contributed by atoms with E-state index < -0.39 is 5.97 Å². The summed E-state index contributed by atoms with van der Waals surface area (Å²) in [7, 11) is 1.52. The zero-order chi connectivity index (χ0) is 14.3. The maximum Gasteiger partial charge on any atom is 0.323 e. The number of carbonyl (C=O) groups is 2. The van der Waals surface area contributed by atoms with Crippen LogP contribution in [-0.2, 0) is 16.0 Å². The standard InChI is InChI=1S/C14H18INO3/c1-16(10-14(18)19)13(17)5-3-2-4-11-6-8-12(15)9-7-11/h6-9H,2-5,10H2,1H3,(H,18,19). The zero-order valence-corrected chi connectivity index (χ0v) is 13.1. The SMILES string of the molecule is CN(CC(=O)O)C(=O)CCCCc1ccc(I)cc1. The number of halogens is 1. The predicted octanol–water partition coefficient (Wildman–Crippen LogP) is 2.55. The first kappa shape index (κ1) is 15.9. The van der Waals surface area contributed by atoms with E-state index in [4.69, 9.17) is 5.11 Å². The predicted molar refractivity (Wildman–Crippen MR) is 82.0 cm³/mol. The van der Waals surface area contributed by atoms with E-state index in [1.807, 2.05) is 0 Å². The van der Waals surface area contributed by atoms with Gasteiger partial charge in [0, 0.05) is 17.0 Å². The molecule has 1 rings (SSSR count). The van der Waals surface area contributed by atoms with Gasteiger partial charge in [-0.2, -0.15) is 0 Å². The first-order valence-corrected chi connectivity index (χ1v) is 7.27. The number of rotatable bonds is 7. The van der Waals surface area contributed by atoms with Gasteiger partial charge in [0.15, 0.2) is 0 Å². The normalized spacial score (nSPS) is 10.2. The Morgan fingerprint density at radius 1 is 1.21 bits per heavy atom. The lowest BCUT2D eigenvalue weighted by molar-refractivity contribution is -0.143. The van der Waals surface area contributed by atoms with Crippen molar-refractivity contribution in [2.45, 2.75) is 25.7 Å². The molecule has 0 radical (unpaired) electrons. The van der Waals surface area contributed by atoms with E-state index in [0.717, 1.165) is 19.3 Å². The lowest BCUT2D eigenvalue weighted by Gasteiger charge is -2.14. The fraction of sp³-hybridized carbons (Fsp3) is 0.429. The molecule has 0 atom stereocenters. The molecule has 5 heteroatoms. The van der Waals surface area contributed by atoms with Gasteiger partial charge >= 0.3 is 5.97 Å². The van der Waals surface area contributed by atoms with Gasteiger partial charge in [0.2, 0.25) is 5.91 Å². The number of carboxylic acid groups (broad SMARTS) is 1. The highest BCUT2D eigenvalue weighted by atomic mass is 127. The molecule has 0 aliphatic heterocycles. The molecule has 0 saturated heterocycles. The Hall–Kier alpha value is -1.11. The van der Waals surface area contributed by atoms with Gasteiger partial charge in [0.1, 0.15) is 6.54 Å². The molecule has 0 aliphatic carbocycles. The van der Waals surface area contributed by atoms with Crippen molar-refractivity contribution in [3.05, 3.63) is 33.4 Å². The Kier molecular flexibility index (Phi) is 6.83. The van der Waals surface area contributed by atoms with Crippen LogP contribution in [-0.4, -0.2) is 35.5 Å². The molecule has 0 aliphatic rings. The van der Waals surface area contributed by atoms with E-state index in [2.05, 4.69) is 46.9 Å². The van der Waals surface area contributed by atoms with E-state index in [-0.39, 0.29) is 12.5 Å². The molecule has 1 N–H and O–H groups in total. The van der Waals surface area contributed by atoms with E-state index in [9.17, 15) is 9.59 Å². The Bertz CT molecular complexity index is 431. The Balaban J connectivity index is 2.21. The molecule has 0 heterocycles. The second kappa shape index (κ2) is 8.14. The summed E-state index contributed by atoms with van der Waals surface area (Å²) in [6.45, 7) is -0.226. The van der Waals surface area contributed by atoms with Crippen molar-refractivity contribution >= 4 is 34.5 Å². The minimum atomic E-state index is -0.977. The fourth-order valence-corrected chi connectivity index (χ4v) is 2.10. The molecule has 0 saturated carbocycles. The van der Waals surface area contributed by atoms with E-state index in [1.165, 1.54) is 21.1 Å². The molecule has 0 unspecified atom stereocenters. The van der Waals surface area contributed by atoms with Gasteiger partial charge in [-0.15, -0.1) is 0 Å². The number of amides is 1. The molecular formula is C14H18INO3. The largest absolute Gasteiger partial charge is 0.480 e. The van der Waals surface area contributed by atoms with Gasteiger partial charge in [-0.05, 0) is 59.5 Å². The average molecular weight is 375 g/mol. The molecule has 1 aromatic rings. The minimum Gasteiger partial charge on any atom is -0.480 e. The molecule has 0 fully saturated rings. The maximum absolute atomic E-state index is 11.6. The van der Waals surface area contributed by atoms with E-state index in [1.54, 1.807) is 0 Å². The number of nitrogens with zero attached hydrogens (tertiary/aromatic N) is 1. The molecule has 0 bridgehead atoms. The molecule has 1 amide bonds. The lowest BCUT2D eigenvalue weighted by Crippen LogP contribution is -2.31. The minimum absolute atomic E-state index is 0.106. The third kappa shape index (κ3) is 6.56. The summed E-state index contributed by atoms with van der Waals surface area (Å²) in [6, 6.07) is 8.34. The molecule has 104 valence electrons. The van der Waals surface area contributed by atoms with Gasteiger partial charge in [0.25, 0.3) is 0 Å². The van der Waals surface area contributed by atoms with Crippen molar-refractivity contribution in [1.29, 1.82) is 0 Å².